The van der Waals surface area contributed by atoms with Crippen LogP contribution >= 0.6 is 0 Å². The summed E-state index contributed by atoms with van der Waals surface area (Å²) < 4.78 is 26.0. The molecule has 2 rings (SSSR count). The van der Waals surface area contributed by atoms with E-state index in [4.69, 9.17) is 0 Å². The summed E-state index contributed by atoms with van der Waals surface area (Å²) in [6.45, 7) is 0. The molecule has 1 aromatic carbocycles. The Hall–Kier alpha value is -2.10. The second kappa shape index (κ2) is 4.82. The van der Waals surface area contributed by atoms with Gasteiger partial charge in [0.25, 0.3) is 0 Å². The van der Waals surface area contributed by atoms with Crippen molar-refractivity contribution in [1.29, 1.82) is 0 Å². The molecule has 0 aliphatic rings. The highest BCUT2D eigenvalue weighted by Gasteiger charge is 2.12. The molecule has 0 spiro atoms. The molecule has 0 atom stereocenters. The van der Waals surface area contributed by atoms with E-state index in [1.165, 1.54) is 0 Å². The molecule has 0 unspecified atom stereocenters. The molecule has 0 N–H and O–H groups in total. The van der Waals surface area contributed by atoms with Gasteiger partial charge in [0.2, 0.25) is 0 Å². The van der Waals surface area contributed by atoms with E-state index in [0.717, 1.165) is 17.7 Å². The average Bonchev–Trinajstić information content (AvgIpc) is 2.30. The van der Waals surface area contributed by atoms with Crippen molar-refractivity contribution in [2.24, 2.45) is 0 Å². The average molecular weight is 233 g/mol. The van der Waals surface area contributed by atoms with E-state index in [9.17, 15) is 13.6 Å². The van der Waals surface area contributed by atoms with Crippen molar-refractivity contribution < 1.29 is 13.6 Å². The Morgan fingerprint density at radius 2 is 1.82 bits per heavy atom. The Balaban J connectivity index is 2.21. The predicted octanol–water partition coefficient (Wildman–Crippen LogP) is 2.79. The number of nitrogens with zero attached hydrogens (tertiary/aromatic N) is 1. The van der Waals surface area contributed by atoms with Gasteiger partial charge in [-0.25, -0.2) is 8.78 Å². The zero-order valence-corrected chi connectivity index (χ0v) is 8.86. The van der Waals surface area contributed by atoms with E-state index in [0.29, 0.717) is 6.07 Å². The number of aromatic nitrogens is 1. The highest BCUT2D eigenvalue weighted by Crippen LogP contribution is 2.12. The number of Topliss-reactive ketones (excluding diaryl/α,β-unsaturated/α-hetero) is 1. The molecule has 0 saturated heterocycles. The number of ketones is 1. The molecule has 0 bridgehead atoms. The number of rotatable bonds is 3. The van der Waals surface area contributed by atoms with Crippen LogP contribution in [0.1, 0.15) is 15.9 Å². The molecular weight excluding hydrogens is 224 g/mol. The second-order valence-electron chi connectivity index (χ2n) is 3.58. The number of halogens is 2. The summed E-state index contributed by atoms with van der Waals surface area (Å²) in [6, 6.07) is 6.30. The van der Waals surface area contributed by atoms with Crippen LogP contribution in [0.3, 0.4) is 0 Å². The Bertz CT molecular complexity index is 540. The van der Waals surface area contributed by atoms with E-state index in [1.807, 2.05) is 0 Å². The number of carbonyl (C=O) groups excluding carboxylic acids is 1. The largest absolute Gasteiger partial charge is 0.294 e. The number of pyridine rings is 1. The Labute approximate surface area is 96.9 Å². The maximum Gasteiger partial charge on any atom is 0.170 e. The third-order valence-electron chi connectivity index (χ3n) is 2.35. The van der Waals surface area contributed by atoms with Crippen LogP contribution in [0, 0.1) is 11.6 Å². The summed E-state index contributed by atoms with van der Waals surface area (Å²) in [5, 5.41) is 0. The van der Waals surface area contributed by atoms with E-state index in [2.05, 4.69) is 4.98 Å². The van der Waals surface area contributed by atoms with Gasteiger partial charge in [0.1, 0.15) is 11.6 Å². The minimum atomic E-state index is -0.830. The summed E-state index contributed by atoms with van der Waals surface area (Å²) in [4.78, 5) is 15.6. The van der Waals surface area contributed by atoms with Crippen LogP contribution in [0.2, 0.25) is 0 Å². The first-order valence-electron chi connectivity index (χ1n) is 5.04. The molecule has 0 aliphatic heterocycles. The Kier molecular flexibility index (Phi) is 3.23. The van der Waals surface area contributed by atoms with Gasteiger partial charge in [-0.15, -0.1) is 0 Å². The normalized spacial score (nSPS) is 10.2. The zero-order valence-electron chi connectivity index (χ0n) is 8.86. The maximum atomic E-state index is 13.3. The lowest BCUT2D eigenvalue weighted by Crippen LogP contribution is -2.06. The first-order chi connectivity index (χ1) is 8.16. The van der Waals surface area contributed by atoms with Crippen LogP contribution in [0.25, 0.3) is 0 Å². The fourth-order valence-corrected chi connectivity index (χ4v) is 1.50. The molecular formula is C13H9F2NO. The molecule has 86 valence electrons. The van der Waals surface area contributed by atoms with E-state index in [1.54, 1.807) is 24.5 Å². The third-order valence-corrected chi connectivity index (χ3v) is 2.35. The fourth-order valence-electron chi connectivity index (χ4n) is 1.50. The second-order valence-corrected chi connectivity index (χ2v) is 3.58. The molecule has 1 heterocycles. The van der Waals surface area contributed by atoms with Gasteiger partial charge in [-0.3, -0.25) is 9.78 Å². The molecule has 0 radical (unpaired) electrons. The number of hydrogen-bond acceptors (Lipinski definition) is 2. The zero-order chi connectivity index (χ0) is 12.3. The standard InChI is InChI=1S/C13H9F2NO/c14-10-1-2-11(12(15)8-10)13(17)7-9-3-5-16-6-4-9/h1-6,8H,7H2. The summed E-state index contributed by atoms with van der Waals surface area (Å²) in [5.74, 6) is -1.90. The fraction of sp³-hybridized carbons (Fsp3) is 0.0769. The van der Waals surface area contributed by atoms with Crippen molar-refractivity contribution >= 4 is 5.78 Å². The lowest BCUT2D eigenvalue weighted by Gasteiger charge is -2.02. The number of benzene rings is 1. The lowest BCUT2D eigenvalue weighted by atomic mass is 10.0. The highest BCUT2D eigenvalue weighted by molar-refractivity contribution is 5.97. The van der Waals surface area contributed by atoms with Crippen LogP contribution in [0.4, 0.5) is 8.78 Å². The Morgan fingerprint density at radius 1 is 1.12 bits per heavy atom. The van der Waals surface area contributed by atoms with Crippen molar-refractivity contribution in [1.82, 2.24) is 4.98 Å². The van der Waals surface area contributed by atoms with E-state index in [-0.39, 0.29) is 17.8 Å². The van der Waals surface area contributed by atoms with E-state index < -0.39 is 11.6 Å². The minimum Gasteiger partial charge on any atom is -0.294 e. The Morgan fingerprint density at radius 3 is 2.47 bits per heavy atom. The molecule has 0 fully saturated rings. The van der Waals surface area contributed by atoms with Gasteiger partial charge in [-0.1, -0.05) is 0 Å². The molecule has 4 heteroatoms. The number of hydrogen-bond donors (Lipinski definition) is 0. The van der Waals surface area contributed by atoms with Gasteiger partial charge >= 0.3 is 0 Å². The molecule has 1 aromatic heterocycles. The topological polar surface area (TPSA) is 30.0 Å². The maximum absolute atomic E-state index is 13.3. The van der Waals surface area contributed by atoms with Gasteiger partial charge in [0.15, 0.2) is 5.78 Å². The van der Waals surface area contributed by atoms with Gasteiger partial charge in [0, 0.05) is 24.9 Å². The molecule has 0 amide bonds. The highest BCUT2D eigenvalue weighted by atomic mass is 19.1. The minimum absolute atomic E-state index is 0.0745. The van der Waals surface area contributed by atoms with Crippen LogP contribution in [-0.4, -0.2) is 10.8 Å². The van der Waals surface area contributed by atoms with Crippen LogP contribution < -0.4 is 0 Å². The molecule has 0 aliphatic carbocycles. The molecule has 17 heavy (non-hydrogen) atoms. The van der Waals surface area contributed by atoms with Gasteiger partial charge < -0.3 is 0 Å². The van der Waals surface area contributed by atoms with Crippen molar-refractivity contribution in [3.8, 4) is 0 Å². The summed E-state index contributed by atoms with van der Waals surface area (Å²) in [6.07, 6.45) is 3.19. The third kappa shape index (κ3) is 2.72. The molecule has 0 saturated carbocycles. The number of carbonyl (C=O) groups is 1. The predicted molar refractivity (Wildman–Crippen MR) is 58.6 cm³/mol. The lowest BCUT2D eigenvalue weighted by molar-refractivity contribution is 0.0989. The smallest absolute Gasteiger partial charge is 0.170 e. The van der Waals surface area contributed by atoms with Gasteiger partial charge in [0.05, 0.1) is 5.56 Å². The van der Waals surface area contributed by atoms with Crippen LogP contribution in [0.15, 0.2) is 42.7 Å². The van der Waals surface area contributed by atoms with E-state index >= 15 is 0 Å². The monoisotopic (exact) mass is 233 g/mol. The van der Waals surface area contributed by atoms with Gasteiger partial charge in [-0.2, -0.15) is 0 Å². The van der Waals surface area contributed by atoms with Gasteiger partial charge in [-0.05, 0) is 29.8 Å². The SMILES string of the molecule is O=C(Cc1ccncc1)c1ccc(F)cc1F. The van der Waals surface area contributed by atoms with Crippen molar-refractivity contribution in [3.05, 3.63) is 65.5 Å². The quantitative estimate of drug-likeness (QED) is 0.763. The molecule has 2 aromatic rings. The summed E-state index contributed by atoms with van der Waals surface area (Å²) >= 11 is 0. The van der Waals surface area contributed by atoms with Crippen molar-refractivity contribution in [2.45, 2.75) is 6.42 Å². The summed E-state index contributed by atoms with van der Waals surface area (Å²) in [7, 11) is 0. The molecule has 2 nitrogen and oxygen atoms in total. The van der Waals surface area contributed by atoms with Crippen LogP contribution in [0.5, 0.6) is 0 Å². The van der Waals surface area contributed by atoms with Crippen molar-refractivity contribution in [3.63, 3.8) is 0 Å². The first kappa shape index (κ1) is 11.4. The summed E-state index contributed by atoms with van der Waals surface area (Å²) in [5.41, 5.74) is 0.650. The van der Waals surface area contributed by atoms with Crippen molar-refractivity contribution in [2.75, 3.05) is 0 Å². The van der Waals surface area contributed by atoms with Crippen LogP contribution in [-0.2, 0) is 6.42 Å². The first-order valence-corrected chi connectivity index (χ1v) is 5.04.